The molecular formula is C14H16N2O3. The number of para-hydroxylation sites is 1. The van der Waals surface area contributed by atoms with Crippen LogP contribution in [0.1, 0.15) is 12.0 Å². The van der Waals surface area contributed by atoms with E-state index in [0.717, 1.165) is 11.3 Å². The summed E-state index contributed by atoms with van der Waals surface area (Å²) in [6.07, 6.45) is 0.560. The van der Waals surface area contributed by atoms with Crippen molar-refractivity contribution in [2.45, 2.75) is 11.8 Å². The molecule has 5 heteroatoms. The zero-order valence-electron chi connectivity index (χ0n) is 10.7. The maximum absolute atomic E-state index is 12.4. The van der Waals surface area contributed by atoms with Crippen molar-refractivity contribution < 1.29 is 14.7 Å². The number of aliphatic hydroxyl groups is 1. The van der Waals surface area contributed by atoms with Crippen LogP contribution >= 0.6 is 0 Å². The van der Waals surface area contributed by atoms with E-state index in [1.165, 1.54) is 0 Å². The summed E-state index contributed by atoms with van der Waals surface area (Å²) in [6, 6.07) is 7.62. The molecule has 2 amide bonds. The van der Waals surface area contributed by atoms with Crippen LogP contribution in [0.15, 0.2) is 24.3 Å². The monoisotopic (exact) mass is 260 g/mol. The number of benzene rings is 1. The number of anilines is 1. The van der Waals surface area contributed by atoms with Crippen LogP contribution in [0, 0.1) is 5.92 Å². The molecule has 1 heterocycles. The van der Waals surface area contributed by atoms with Gasteiger partial charge >= 0.3 is 0 Å². The van der Waals surface area contributed by atoms with Crippen molar-refractivity contribution in [3.63, 3.8) is 0 Å². The summed E-state index contributed by atoms with van der Waals surface area (Å²) in [5, 5.41) is 11.4. The van der Waals surface area contributed by atoms with Gasteiger partial charge in [-0.3, -0.25) is 9.59 Å². The number of likely N-dealkylation sites (N-methyl/N-ethyl adjacent to an activating group) is 1. The summed E-state index contributed by atoms with van der Waals surface area (Å²) in [7, 11) is 1.75. The Balaban J connectivity index is 1.91. The van der Waals surface area contributed by atoms with Gasteiger partial charge in [0.1, 0.15) is 0 Å². The third kappa shape index (κ3) is 1.51. The molecule has 1 aromatic rings. The maximum Gasteiger partial charge on any atom is 0.238 e. The van der Waals surface area contributed by atoms with Gasteiger partial charge in [0.05, 0.1) is 17.9 Å². The summed E-state index contributed by atoms with van der Waals surface area (Å²) in [5.74, 6) is -0.456. The fourth-order valence-electron chi connectivity index (χ4n) is 3.08. The van der Waals surface area contributed by atoms with E-state index in [0.29, 0.717) is 6.42 Å². The molecule has 2 atom stereocenters. The van der Waals surface area contributed by atoms with Crippen LogP contribution < -0.4 is 10.2 Å². The third-order valence-electron chi connectivity index (χ3n) is 4.12. The molecule has 1 fully saturated rings. The standard InChI is InChI=1S/C14H16N2O3/c1-16-11-5-3-2-4-9(11)14(13(16)19)8-10(14)12(18)15-6-7-17/h2-5,10,17H,6-8H2,1H3,(H,15,18)/t10-,14-/m0/s1. The predicted molar refractivity (Wildman–Crippen MR) is 69.7 cm³/mol. The molecule has 3 rings (SSSR count). The number of carbonyl (C=O) groups is 2. The van der Waals surface area contributed by atoms with Crippen LogP contribution in [0.2, 0.25) is 0 Å². The number of aliphatic hydroxyl groups excluding tert-OH is 1. The molecule has 0 unspecified atom stereocenters. The van der Waals surface area contributed by atoms with Gasteiger partial charge in [0, 0.05) is 19.3 Å². The van der Waals surface area contributed by atoms with E-state index in [2.05, 4.69) is 5.32 Å². The quantitative estimate of drug-likeness (QED) is 0.805. The van der Waals surface area contributed by atoms with Crippen molar-refractivity contribution in [3.05, 3.63) is 29.8 Å². The van der Waals surface area contributed by atoms with Gasteiger partial charge in [0.2, 0.25) is 11.8 Å². The van der Waals surface area contributed by atoms with Crippen molar-refractivity contribution in [3.8, 4) is 0 Å². The molecule has 0 bridgehead atoms. The summed E-state index contributed by atoms with van der Waals surface area (Å²) in [4.78, 5) is 26.1. The summed E-state index contributed by atoms with van der Waals surface area (Å²) in [5.41, 5.74) is 1.18. The largest absolute Gasteiger partial charge is 0.395 e. The Morgan fingerprint density at radius 3 is 3.00 bits per heavy atom. The minimum Gasteiger partial charge on any atom is -0.395 e. The average molecular weight is 260 g/mol. The van der Waals surface area contributed by atoms with Gasteiger partial charge in [-0.05, 0) is 18.1 Å². The zero-order valence-corrected chi connectivity index (χ0v) is 10.7. The fourth-order valence-corrected chi connectivity index (χ4v) is 3.08. The van der Waals surface area contributed by atoms with Gasteiger partial charge in [-0.1, -0.05) is 18.2 Å². The molecule has 1 aliphatic carbocycles. The molecule has 5 nitrogen and oxygen atoms in total. The highest BCUT2D eigenvalue weighted by molar-refractivity contribution is 6.13. The van der Waals surface area contributed by atoms with Crippen LogP contribution in [0.3, 0.4) is 0 Å². The molecule has 1 aromatic carbocycles. The van der Waals surface area contributed by atoms with Crippen molar-refractivity contribution in [2.24, 2.45) is 5.92 Å². The van der Waals surface area contributed by atoms with Gasteiger partial charge < -0.3 is 15.3 Å². The highest BCUT2D eigenvalue weighted by Crippen LogP contribution is 2.61. The van der Waals surface area contributed by atoms with E-state index in [-0.39, 0.29) is 30.9 Å². The maximum atomic E-state index is 12.4. The Morgan fingerprint density at radius 1 is 1.53 bits per heavy atom. The van der Waals surface area contributed by atoms with E-state index in [9.17, 15) is 9.59 Å². The second-order valence-corrected chi connectivity index (χ2v) is 5.12. The summed E-state index contributed by atoms with van der Waals surface area (Å²) < 4.78 is 0. The first-order chi connectivity index (χ1) is 9.13. The Labute approximate surface area is 111 Å². The molecule has 0 saturated heterocycles. The molecule has 1 saturated carbocycles. The van der Waals surface area contributed by atoms with Crippen molar-refractivity contribution in [1.82, 2.24) is 5.32 Å². The van der Waals surface area contributed by atoms with Crippen LogP contribution in [0.5, 0.6) is 0 Å². The molecule has 0 aromatic heterocycles. The van der Waals surface area contributed by atoms with Crippen molar-refractivity contribution in [1.29, 1.82) is 0 Å². The molecule has 2 aliphatic rings. The fraction of sp³-hybridized carbons (Fsp3) is 0.429. The van der Waals surface area contributed by atoms with Crippen molar-refractivity contribution in [2.75, 3.05) is 25.1 Å². The Kier molecular flexibility index (Phi) is 2.60. The van der Waals surface area contributed by atoms with Gasteiger partial charge in [-0.25, -0.2) is 0 Å². The lowest BCUT2D eigenvalue weighted by molar-refractivity contribution is -0.126. The Morgan fingerprint density at radius 2 is 2.26 bits per heavy atom. The highest BCUT2D eigenvalue weighted by atomic mass is 16.3. The van der Waals surface area contributed by atoms with E-state index in [1.807, 2.05) is 24.3 Å². The lowest BCUT2D eigenvalue weighted by Crippen LogP contribution is -2.35. The molecule has 0 radical (unpaired) electrons. The first-order valence-corrected chi connectivity index (χ1v) is 6.39. The van der Waals surface area contributed by atoms with Gasteiger partial charge in [-0.15, -0.1) is 0 Å². The lowest BCUT2D eigenvalue weighted by atomic mass is 9.94. The molecule has 100 valence electrons. The number of hydrogen-bond acceptors (Lipinski definition) is 3. The number of amides is 2. The van der Waals surface area contributed by atoms with E-state index >= 15 is 0 Å². The summed E-state index contributed by atoms with van der Waals surface area (Å²) in [6.45, 7) is 0.146. The van der Waals surface area contributed by atoms with Gasteiger partial charge in [0.15, 0.2) is 0 Å². The zero-order chi connectivity index (χ0) is 13.6. The summed E-state index contributed by atoms with van der Waals surface area (Å²) >= 11 is 0. The number of rotatable bonds is 3. The van der Waals surface area contributed by atoms with Gasteiger partial charge in [0.25, 0.3) is 0 Å². The number of fused-ring (bicyclic) bond motifs is 2. The van der Waals surface area contributed by atoms with E-state index < -0.39 is 5.41 Å². The Bertz CT molecular complexity index is 557. The van der Waals surface area contributed by atoms with Gasteiger partial charge in [-0.2, -0.15) is 0 Å². The second kappa shape index (κ2) is 4.06. The SMILES string of the molecule is CN1C(=O)[C@@]2(C[C@H]2C(=O)NCCO)c2ccccc21. The van der Waals surface area contributed by atoms with Crippen LogP contribution in [-0.4, -0.2) is 37.1 Å². The minimum absolute atomic E-state index is 0.00199. The predicted octanol–water partition coefficient (Wildman–Crippen LogP) is 0.0292. The second-order valence-electron chi connectivity index (χ2n) is 5.12. The molecule has 1 aliphatic heterocycles. The molecule has 19 heavy (non-hydrogen) atoms. The van der Waals surface area contributed by atoms with Crippen LogP contribution in [-0.2, 0) is 15.0 Å². The van der Waals surface area contributed by atoms with Crippen LogP contribution in [0.4, 0.5) is 5.69 Å². The number of hydrogen-bond donors (Lipinski definition) is 2. The average Bonchev–Trinajstić information content (AvgIpc) is 3.15. The molecule has 2 N–H and O–H groups in total. The van der Waals surface area contributed by atoms with Crippen molar-refractivity contribution >= 4 is 17.5 Å². The smallest absolute Gasteiger partial charge is 0.238 e. The number of nitrogens with one attached hydrogen (secondary N) is 1. The minimum atomic E-state index is -0.662. The Hall–Kier alpha value is -1.88. The third-order valence-corrected chi connectivity index (χ3v) is 4.12. The van der Waals surface area contributed by atoms with E-state index in [4.69, 9.17) is 5.11 Å². The number of nitrogens with zero attached hydrogens (tertiary/aromatic N) is 1. The first-order valence-electron chi connectivity index (χ1n) is 6.39. The number of carbonyl (C=O) groups excluding carboxylic acids is 2. The molecular weight excluding hydrogens is 244 g/mol. The molecule has 1 spiro atoms. The lowest BCUT2D eigenvalue weighted by Gasteiger charge is -2.11. The van der Waals surface area contributed by atoms with Crippen LogP contribution in [0.25, 0.3) is 0 Å². The first kappa shape index (κ1) is 12.2. The normalized spacial score (nSPS) is 27.6. The van der Waals surface area contributed by atoms with E-state index in [1.54, 1.807) is 11.9 Å². The highest BCUT2D eigenvalue weighted by Gasteiger charge is 2.68. The topological polar surface area (TPSA) is 69.6 Å².